The van der Waals surface area contributed by atoms with Gasteiger partial charge in [0.2, 0.25) is 5.72 Å². The highest BCUT2D eigenvalue weighted by molar-refractivity contribution is 6.31. The first kappa shape index (κ1) is 16.3. The quantitative estimate of drug-likeness (QED) is 0.542. The number of fused-ring (bicyclic) bond motifs is 5. The lowest BCUT2D eigenvalue weighted by molar-refractivity contribution is 0.111. The number of hydrogen-bond donors (Lipinski definition) is 0. The van der Waals surface area contributed by atoms with Crippen LogP contribution in [-0.4, -0.2) is 14.2 Å². The highest BCUT2D eigenvalue weighted by Gasteiger charge is 2.45. The van der Waals surface area contributed by atoms with Gasteiger partial charge in [-0.15, -0.1) is 0 Å². The number of halogens is 1. The maximum Gasteiger partial charge on any atom is 0.229 e. The molecule has 0 N–H and O–H groups in total. The molecule has 0 amide bonds. The van der Waals surface area contributed by atoms with Crippen molar-refractivity contribution in [2.45, 2.75) is 5.72 Å². The molecule has 3 aromatic rings. The molecule has 0 saturated heterocycles. The van der Waals surface area contributed by atoms with Crippen LogP contribution in [0.2, 0.25) is 5.02 Å². The maximum atomic E-state index is 6.69. The van der Waals surface area contributed by atoms with Crippen molar-refractivity contribution in [2.24, 2.45) is 0 Å². The van der Waals surface area contributed by atoms with E-state index >= 15 is 0 Å². The van der Waals surface area contributed by atoms with Gasteiger partial charge < -0.3 is 14.4 Å². The lowest BCUT2D eigenvalue weighted by atomic mass is 9.84. The summed E-state index contributed by atoms with van der Waals surface area (Å²) in [5.41, 5.74) is 4.76. The molecule has 2 heterocycles. The summed E-state index contributed by atoms with van der Waals surface area (Å²) >= 11 is 6.23. The zero-order valence-corrected chi connectivity index (χ0v) is 15.8. The van der Waals surface area contributed by atoms with Gasteiger partial charge in [-0.1, -0.05) is 54.1 Å². The molecule has 1 unspecified atom stereocenters. The molecule has 1 atom stereocenters. The van der Waals surface area contributed by atoms with Gasteiger partial charge in [-0.3, -0.25) is 0 Å². The fourth-order valence-electron chi connectivity index (χ4n) is 4.07. The molecule has 2 aliphatic rings. The van der Waals surface area contributed by atoms with Crippen molar-refractivity contribution in [3.8, 4) is 22.6 Å². The number of rotatable bonds is 1. The molecule has 1 spiro atoms. The Hall–Kier alpha value is -2.91. The Bertz CT molecular complexity index is 1090. The van der Waals surface area contributed by atoms with Crippen LogP contribution in [0.4, 0.5) is 5.69 Å². The van der Waals surface area contributed by atoms with Crippen molar-refractivity contribution in [1.82, 2.24) is 0 Å². The van der Waals surface area contributed by atoms with E-state index in [0.717, 1.165) is 16.8 Å². The second kappa shape index (κ2) is 5.80. The Kier molecular flexibility index (Phi) is 3.49. The average Bonchev–Trinajstić information content (AvgIpc) is 2.72. The smallest absolute Gasteiger partial charge is 0.229 e. The summed E-state index contributed by atoms with van der Waals surface area (Å²) < 4.78 is 12.2. The van der Waals surface area contributed by atoms with Crippen LogP contribution in [0.25, 0.3) is 17.2 Å². The van der Waals surface area contributed by atoms with Crippen molar-refractivity contribution < 1.29 is 9.47 Å². The fourth-order valence-corrected chi connectivity index (χ4v) is 4.29. The molecule has 0 bridgehead atoms. The van der Waals surface area contributed by atoms with Crippen LogP contribution in [0, 0.1) is 0 Å². The molecule has 134 valence electrons. The first-order valence-corrected chi connectivity index (χ1v) is 9.20. The van der Waals surface area contributed by atoms with Gasteiger partial charge in [-0.25, -0.2) is 0 Å². The minimum Gasteiger partial charge on any atom is -0.493 e. The summed E-state index contributed by atoms with van der Waals surface area (Å²) in [7, 11) is 3.70. The molecule has 0 radical (unpaired) electrons. The van der Waals surface area contributed by atoms with Crippen molar-refractivity contribution >= 4 is 23.4 Å². The van der Waals surface area contributed by atoms with Gasteiger partial charge in [0.1, 0.15) is 0 Å². The second-order valence-electron chi connectivity index (χ2n) is 6.78. The monoisotopic (exact) mass is 375 g/mol. The van der Waals surface area contributed by atoms with Crippen LogP contribution in [0.1, 0.15) is 11.1 Å². The zero-order chi connectivity index (χ0) is 18.6. The minimum atomic E-state index is -0.751. The summed E-state index contributed by atoms with van der Waals surface area (Å²) in [6.45, 7) is 0. The number of anilines is 1. The first-order chi connectivity index (χ1) is 13.1. The van der Waals surface area contributed by atoms with Crippen LogP contribution in [0.15, 0.2) is 66.7 Å². The van der Waals surface area contributed by atoms with Crippen molar-refractivity contribution in [2.75, 3.05) is 19.1 Å². The van der Waals surface area contributed by atoms with E-state index < -0.39 is 5.72 Å². The molecular formula is C23H18ClNO2. The number of methoxy groups -OCH3 is 1. The first-order valence-electron chi connectivity index (χ1n) is 8.82. The fraction of sp³-hybridized carbons (Fsp3) is 0.130. The number of likely N-dealkylation sites (N-methyl/N-ethyl adjacent to an activating group) is 1. The van der Waals surface area contributed by atoms with Crippen LogP contribution < -0.4 is 14.4 Å². The van der Waals surface area contributed by atoms with E-state index in [0.29, 0.717) is 16.5 Å². The molecule has 3 aromatic carbocycles. The maximum absolute atomic E-state index is 6.69. The second-order valence-corrected chi connectivity index (χ2v) is 7.22. The largest absolute Gasteiger partial charge is 0.493 e. The summed E-state index contributed by atoms with van der Waals surface area (Å²) in [5.74, 6) is 1.33. The summed E-state index contributed by atoms with van der Waals surface area (Å²) in [4.78, 5) is 2.18. The standard InChI is InChI=1S/C23H18ClNO2/c1-25-20-10-6-4-8-18(20)17-7-3-5-9-19(17)23(25)12-11-15-13-16(24)14-21(26-2)22(15)27-23/h3-14H,1-2H3. The average molecular weight is 376 g/mol. The Morgan fingerprint density at radius 1 is 1.00 bits per heavy atom. The molecule has 0 aromatic heterocycles. The van der Waals surface area contributed by atoms with Gasteiger partial charge in [0.15, 0.2) is 11.5 Å². The number of benzene rings is 3. The van der Waals surface area contributed by atoms with Gasteiger partial charge in [-0.2, -0.15) is 0 Å². The number of nitrogens with zero attached hydrogens (tertiary/aromatic N) is 1. The highest BCUT2D eigenvalue weighted by atomic mass is 35.5. The van der Waals surface area contributed by atoms with Gasteiger partial charge in [0.25, 0.3) is 0 Å². The van der Waals surface area contributed by atoms with Crippen LogP contribution >= 0.6 is 11.6 Å². The molecule has 2 aliphatic heterocycles. The van der Waals surface area contributed by atoms with Crippen LogP contribution in [-0.2, 0) is 5.72 Å². The molecule has 27 heavy (non-hydrogen) atoms. The van der Waals surface area contributed by atoms with E-state index in [1.165, 1.54) is 11.1 Å². The van der Waals surface area contributed by atoms with Gasteiger partial charge in [-0.05, 0) is 29.8 Å². The zero-order valence-electron chi connectivity index (χ0n) is 15.1. The predicted octanol–water partition coefficient (Wildman–Crippen LogP) is 5.72. The number of ether oxygens (including phenoxy) is 2. The third-order valence-corrected chi connectivity index (χ3v) is 5.60. The third-order valence-electron chi connectivity index (χ3n) is 5.38. The normalized spacial score (nSPS) is 19.1. The van der Waals surface area contributed by atoms with Crippen molar-refractivity contribution in [3.63, 3.8) is 0 Å². The highest BCUT2D eigenvalue weighted by Crippen LogP contribution is 2.52. The van der Waals surface area contributed by atoms with E-state index in [1.807, 2.05) is 12.1 Å². The SMILES string of the molecule is COc1cc(Cl)cc2c1OC1(C=C2)c2ccccc2-c2ccccc2N1C. The summed E-state index contributed by atoms with van der Waals surface area (Å²) in [5, 5.41) is 0.623. The van der Waals surface area contributed by atoms with Crippen molar-refractivity contribution in [3.05, 3.63) is 82.9 Å². The molecular weight excluding hydrogens is 358 g/mol. The number of para-hydroxylation sites is 1. The van der Waals surface area contributed by atoms with E-state index in [-0.39, 0.29) is 0 Å². The third kappa shape index (κ3) is 2.22. The van der Waals surface area contributed by atoms with Crippen LogP contribution in [0.3, 0.4) is 0 Å². The van der Waals surface area contributed by atoms with Gasteiger partial charge in [0, 0.05) is 40.5 Å². The summed E-state index contributed by atoms with van der Waals surface area (Å²) in [6.07, 6.45) is 4.16. The van der Waals surface area contributed by atoms with E-state index in [2.05, 4.69) is 66.6 Å². The lowest BCUT2D eigenvalue weighted by Crippen LogP contribution is -2.50. The van der Waals surface area contributed by atoms with Crippen LogP contribution in [0.5, 0.6) is 11.5 Å². The Morgan fingerprint density at radius 2 is 1.74 bits per heavy atom. The predicted molar refractivity (Wildman–Crippen MR) is 110 cm³/mol. The van der Waals surface area contributed by atoms with E-state index in [4.69, 9.17) is 21.1 Å². The Balaban J connectivity index is 1.77. The topological polar surface area (TPSA) is 21.7 Å². The molecule has 3 nitrogen and oxygen atoms in total. The molecule has 0 fully saturated rings. The van der Waals surface area contributed by atoms with Gasteiger partial charge in [0.05, 0.1) is 7.11 Å². The van der Waals surface area contributed by atoms with Crippen molar-refractivity contribution in [1.29, 1.82) is 0 Å². The Labute approximate surface area is 163 Å². The molecule has 0 saturated carbocycles. The van der Waals surface area contributed by atoms with Gasteiger partial charge >= 0.3 is 0 Å². The summed E-state index contributed by atoms with van der Waals surface area (Å²) in [6, 6.07) is 20.5. The number of hydrogen-bond acceptors (Lipinski definition) is 3. The lowest BCUT2D eigenvalue weighted by Gasteiger charge is -2.47. The Morgan fingerprint density at radius 3 is 2.56 bits per heavy atom. The van der Waals surface area contributed by atoms with E-state index in [9.17, 15) is 0 Å². The molecule has 4 heteroatoms. The van der Waals surface area contributed by atoms with E-state index in [1.54, 1.807) is 13.2 Å². The minimum absolute atomic E-state index is 0.623. The molecule has 0 aliphatic carbocycles. The molecule has 5 rings (SSSR count).